The van der Waals surface area contributed by atoms with E-state index in [1.165, 1.54) is 128 Å². The van der Waals surface area contributed by atoms with Gasteiger partial charge in [0.2, 0.25) is 0 Å². The maximum Gasteiger partial charge on any atom is 0.305 e. The van der Waals surface area contributed by atoms with Crippen LogP contribution in [0.2, 0.25) is 0 Å². The molecule has 0 amide bonds. The van der Waals surface area contributed by atoms with E-state index in [1.54, 1.807) is 0 Å². The number of unbranched alkanes of at least 4 members (excludes halogenated alkanes) is 20. The van der Waals surface area contributed by atoms with E-state index in [1.807, 2.05) is 0 Å². The predicted molar refractivity (Wildman–Crippen MR) is 128 cm³/mol. The molecule has 0 spiro atoms. The average molecular weight is 411 g/mol. The van der Waals surface area contributed by atoms with Gasteiger partial charge in [-0.25, -0.2) is 0 Å². The maximum atomic E-state index is 11.8. The van der Waals surface area contributed by atoms with Crippen LogP contribution >= 0.6 is 0 Å². The van der Waals surface area contributed by atoms with Crippen molar-refractivity contribution in [3.63, 3.8) is 0 Å². The van der Waals surface area contributed by atoms with Gasteiger partial charge in [0, 0.05) is 6.42 Å². The second-order valence-electron chi connectivity index (χ2n) is 9.04. The SMILES string of the molecule is CCCCCCCCCCCCCOC(=O)CCCCCCCCCCCCC. The molecule has 0 aliphatic heterocycles. The monoisotopic (exact) mass is 410 g/mol. The first kappa shape index (κ1) is 28.5. The Hall–Kier alpha value is -0.530. The Balaban J connectivity index is 3.13. The summed E-state index contributed by atoms with van der Waals surface area (Å²) in [5.41, 5.74) is 0. The van der Waals surface area contributed by atoms with Crippen molar-refractivity contribution in [3.05, 3.63) is 0 Å². The Morgan fingerprint density at radius 3 is 1.14 bits per heavy atom. The minimum atomic E-state index is 0.0213. The molecule has 0 N–H and O–H groups in total. The standard InChI is InChI=1S/C27H54O2/c1-3-5-7-9-11-13-15-17-19-21-23-25-27(28)29-26-24-22-20-18-16-14-12-10-8-6-4-2/h3-26H2,1-2H3. The second kappa shape index (κ2) is 25.5. The first-order valence-corrected chi connectivity index (χ1v) is 13.5. The van der Waals surface area contributed by atoms with Crippen molar-refractivity contribution < 1.29 is 9.53 Å². The van der Waals surface area contributed by atoms with E-state index in [2.05, 4.69) is 13.8 Å². The van der Waals surface area contributed by atoms with Gasteiger partial charge in [0.1, 0.15) is 0 Å². The molecule has 0 rings (SSSR count). The molecule has 0 aromatic carbocycles. The number of hydrogen-bond donors (Lipinski definition) is 0. The topological polar surface area (TPSA) is 26.3 Å². The minimum Gasteiger partial charge on any atom is -0.466 e. The van der Waals surface area contributed by atoms with Crippen molar-refractivity contribution in [2.75, 3.05) is 6.61 Å². The van der Waals surface area contributed by atoms with Crippen LogP contribution in [0.5, 0.6) is 0 Å². The molecule has 174 valence electrons. The third-order valence-electron chi connectivity index (χ3n) is 6.00. The van der Waals surface area contributed by atoms with Gasteiger partial charge in [-0.1, -0.05) is 142 Å². The molecule has 0 saturated heterocycles. The fourth-order valence-electron chi connectivity index (χ4n) is 3.96. The van der Waals surface area contributed by atoms with Gasteiger partial charge in [-0.2, -0.15) is 0 Å². The van der Waals surface area contributed by atoms with Crippen LogP contribution in [0.1, 0.15) is 162 Å². The lowest BCUT2D eigenvalue weighted by atomic mass is 10.1. The van der Waals surface area contributed by atoms with E-state index in [0.717, 1.165) is 12.8 Å². The number of rotatable bonds is 24. The van der Waals surface area contributed by atoms with E-state index in [4.69, 9.17) is 4.74 Å². The molecule has 0 aromatic heterocycles. The molecule has 0 aliphatic carbocycles. The van der Waals surface area contributed by atoms with E-state index in [9.17, 15) is 4.79 Å². The summed E-state index contributed by atoms with van der Waals surface area (Å²) >= 11 is 0. The largest absolute Gasteiger partial charge is 0.466 e. The van der Waals surface area contributed by atoms with Crippen molar-refractivity contribution in [3.8, 4) is 0 Å². The van der Waals surface area contributed by atoms with E-state index >= 15 is 0 Å². The molecule has 0 bridgehead atoms. The zero-order valence-electron chi connectivity index (χ0n) is 20.3. The van der Waals surface area contributed by atoms with Gasteiger partial charge >= 0.3 is 5.97 Å². The van der Waals surface area contributed by atoms with Crippen molar-refractivity contribution in [1.82, 2.24) is 0 Å². The molecule has 0 radical (unpaired) electrons. The van der Waals surface area contributed by atoms with Gasteiger partial charge in [0.15, 0.2) is 0 Å². The molecule has 0 saturated carbocycles. The van der Waals surface area contributed by atoms with Crippen molar-refractivity contribution in [2.24, 2.45) is 0 Å². The normalized spacial score (nSPS) is 11.1. The molecule has 0 aliphatic rings. The van der Waals surface area contributed by atoms with E-state index in [0.29, 0.717) is 13.0 Å². The quantitative estimate of drug-likeness (QED) is 0.117. The fourth-order valence-corrected chi connectivity index (χ4v) is 3.96. The number of esters is 1. The Morgan fingerprint density at radius 2 is 0.759 bits per heavy atom. The highest BCUT2D eigenvalue weighted by atomic mass is 16.5. The van der Waals surface area contributed by atoms with Crippen LogP contribution in [-0.4, -0.2) is 12.6 Å². The lowest BCUT2D eigenvalue weighted by Gasteiger charge is -2.06. The third kappa shape index (κ3) is 25.4. The first-order chi connectivity index (χ1) is 14.3. The smallest absolute Gasteiger partial charge is 0.305 e. The zero-order chi connectivity index (χ0) is 21.3. The Morgan fingerprint density at radius 1 is 0.448 bits per heavy atom. The van der Waals surface area contributed by atoms with Crippen molar-refractivity contribution >= 4 is 5.97 Å². The van der Waals surface area contributed by atoms with E-state index < -0.39 is 0 Å². The third-order valence-corrected chi connectivity index (χ3v) is 6.00. The summed E-state index contributed by atoms with van der Waals surface area (Å²) < 4.78 is 5.38. The van der Waals surface area contributed by atoms with Gasteiger partial charge in [-0.15, -0.1) is 0 Å². The summed E-state index contributed by atoms with van der Waals surface area (Å²) in [4.78, 5) is 11.8. The molecule has 0 fully saturated rings. The van der Waals surface area contributed by atoms with Gasteiger partial charge in [0.25, 0.3) is 0 Å². The van der Waals surface area contributed by atoms with Crippen molar-refractivity contribution in [1.29, 1.82) is 0 Å². The summed E-state index contributed by atoms with van der Waals surface area (Å²) in [6, 6.07) is 0. The summed E-state index contributed by atoms with van der Waals surface area (Å²) in [5, 5.41) is 0. The fraction of sp³-hybridized carbons (Fsp3) is 0.963. The van der Waals surface area contributed by atoms with Crippen LogP contribution in [0, 0.1) is 0 Å². The average Bonchev–Trinajstić information content (AvgIpc) is 2.72. The molecule has 2 heteroatoms. The molecule has 0 heterocycles. The predicted octanol–water partition coefficient (Wildman–Crippen LogP) is 9.54. The molecule has 0 aromatic rings. The Labute approximate surface area is 184 Å². The Kier molecular flexibility index (Phi) is 25.0. The van der Waals surface area contributed by atoms with E-state index in [-0.39, 0.29) is 5.97 Å². The summed E-state index contributed by atoms with van der Waals surface area (Å²) in [6.07, 6.45) is 29.8. The summed E-state index contributed by atoms with van der Waals surface area (Å²) in [5.74, 6) is 0.0213. The maximum absolute atomic E-state index is 11.8. The van der Waals surface area contributed by atoms with Crippen LogP contribution < -0.4 is 0 Å². The number of carbonyl (C=O) groups is 1. The first-order valence-electron chi connectivity index (χ1n) is 13.5. The number of carbonyl (C=O) groups excluding carboxylic acids is 1. The van der Waals surface area contributed by atoms with Gasteiger partial charge in [-0.3, -0.25) is 4.79 Å². The van der Waals surface area contributed by atoms with Crippen LogP contribution in [0.25, 0.3) is 0 Å². The lowest BCUT2D eigenvalue weighted by molar-refractivity contribution is -0.143. The molecule has 2 nitrogen and oxygen atoms in total. The van der Waals surface area contributed by atoms with Crippen LogP contribution in [0.15, 0.2) is 0 Å². The number of ether oxygens (including phenoxy) is 1. The Bertz CT molecular complexity index is 314. The minimum absolute atomic E-state index is 0.0213. The highest BCUT2D eigenvalue weighted by Crippen LogP contribution is 2.13. The summed E-state index contributed by atoms with van der Waals surface area (Å²) in [6.45, 7) is 5.18. The second-order valence-corrected chi connectivity index (χ2v) is 9.04. The molecular weight excluding hydrogens is 356 g/mol. The molecule has 29 heavy (non-hydrogen) atoms. The highest BCUT2D eigenvalue weighted by molar-refractivity contribution is 5.69. The summed E-state index contributed by atoms with van der Waals surface area (Å²) in [7, 11) is 0. The molecule has 0 unspecified atom stereocenters. The van der Waals surface area contributed by atoms with Crippen LogP contribution in [0.4, 0.5) is 0 Å². The lowest BCUT2D eigenvalue weighted by Crippen LogP contribution is -2.05. The molecular formula is C27H54O2. The van der Waals surface area contributed by atoms with Gasteiger partial charge in [-0.05, 0) is 12.8 Å². The van der Waals surface area contributed by atoms with Crippen molar-refractivity contribution in [2.45, 2.75) is 162 Å². The zero-order valence-corrected chi connectivity index (χ0v) is 20.3. The van der Waals surface area contributed by atoms with Crippen LogP contribution in [-0.2, 0) is 9.53 Å². The highest BCUT2D eigenvalue weighted by Gasteiger charge is 2.02. The van der Waals surface area contributed by atoms with Gasteiger partial charge < -0.3 is 4.74 Å². The van der Waals surface area contributed by atoms with Crippen LogP contribution in [0.3, 0.4) is 0 Å². The van der Waals surface area contributed by atoms with Gasteiger partial charge in [0.05, 0.1) is 6.61 Å². The molecule has 0 atom stereocenters. The number of hydrogen-bond acceptors (Lipinski definition) is 2.